The Labute approximate surface area is 99.3 Å². The number of piperidine rings is 1. The lowest BCUT2D eigenvalue weighted by atomic mass is 10.0. The summed E-state index contributed by atoms with van der Waals surface area (Å²) >= 11 is 0. The third-order valence-corrected chi connectivity index (χ3v) is 3.70. The standard InChI is InChI=1S/C13H25N3/c1-11-4-3-9-16(10-11)13(14-2)15-8-7-12-5-6-12/h11-12H,3-10H2,1-2H3,(H,14,15). The van der Waals surface area contributed by atoms with Crippen LogP contribution in [0.2, 0.25) is 0 Å². The number of likely N-dealkylation sites (tertiary alicyclic amines) is 1. The number of aliphatic imine (C=N–C) groups is 1. The second-order valence-corrected chi connectivity index (χ2v) is 5.40. The largest absolute Gasteiger partial charge is 0.356 e. The molecule has 0 aromatic rings. The van der Waals surface area contributed by atoms with Gasteiger partial charge in [-0.05, 0) is 31.1 Å². The summed E-state index contributed by atoms with van der Waals surface area (Å²) in [5, 5.41) is 3.51. The van der Waals surface area contributed by atoms with E-state index >= 15 is 0 Å². The van der Waals surface area contributed by atoms with Gasteiger partial charge >= 0.3 is 0 Å². The van der Waals surface area contributed by atoms with Gasteiger partial charge in [0.2, 0.25) is 0 Å². The van der Waals surface area contributed by atoms with Gasteiger partial charge in [0.1, 0.15) is 0 Å². The Hall–Kier alpha value is -0.730. The number of nitrogens with one attached hydrogen (secondary N) is 1. The van der Waals surface area contributed by atoms with Crippen molar-refractivity contribution in [1.29, 1.82) is 0 Å². The van der Waals surface area contributed by atoms with Crippen molar-refractivity contribution in [3.05, 3.63) is 0 Å². The zero-order chi connectivity index (χ0) is 11.4. The fourth-order valence-corrected chi connectivity index (χ4v) is 2.51. The van der Waals surface area contributed by atoms with Crippen LogP contribution in [0.15, 0.2) is 4.99 Å². The summed E-state index contributed by atoms with van der Waals surface area (Å²) in [7, 11) is 1.90. The molecule has 92 valence electrons. The van der Waals surface area contributed by atoms with Crippen LogP contribution < -0.4 is 5.32 Å². The molecule has 1 aliphatic heterocycles. The Morgan fingerprint density at radius 1 is 1.38 bits per heavy atom. The van der Waals surface area contributed by atoms with Crippen LogP contribution in [0.3, 0.4) is 0 Å². The highest BCUT2D eigenvalue weighted by Crippen LogP contribution is 2.31. The van der Waals surface area contributed by atoms with E-state index < -0.39 is 0 Å². The minimum atomic E-state index is 0.815. The van der Waals surface area contributed by atoms with E-state index in [2.05, 4.69) is 22.1 Å². The van der Waals surface area contributed by atoms with Crippen molar-refractivity contribution in [3.8, 4) is 0 Å². The maximum Gasteiger partial charge on any atom is 0.193 e. The SMILES string of the molecule is CN=C(NCCC1CC1)N1CCCC(C)C1. The number of rotatable bonds is 3. The van der Waals surface area contributed by atoms with Crippen molar-refractivity contribution >= 4 is 5.96 Å². The molecular weight excluding hydrogens is 198 g/mol. The lowest BCUT2D eigenvalue weighted by Gasteiger charge is -2.33. The van der Waals surface area contributed by atoms with Gasteiger partial charge in [0.15, 0.2) is 5.96 Å². The van der Waals surface area contributed by atoms with Crippen molar-refractivity contribution in [1.82, 2.24) is 10.2 Å². The fourth-order valence-electron chi connectivity index (χ4n) is 2.51. The highest BCUT2D eigenvalue weighted by Gasteiger charge is 2.22. The number of hydrogen-bond donors (Lipinski definition) is 1. The second kappa shape index (κ2) is 5.55. The Morgan fingerprint density at radius 2 is 2.19 bits per heavy atom. The molecule has 1 saturated heterocycles. The van der Waals surface area contributed by atoms with Gasteiger partial charge in [-0.3, -0.25) is 4.99 Å². The van der Waals surface area contributed by atoms with Crippen LogP contribution in [0.1, 0.15) is 39.0 Å². The molecule has 3 nitrogen and oxygen atoms in total. The number of hydrogen-bond acceptors (Lipinski definition) is 1. The molecular formula is C13H25N3. The summed E-state index contributed by atoms with van der Waals surface area (Å²) in [5.41, 5.74) is 0. The minimum Gasteiger partial charge on any atom is -0.356 e. The van der Waals surface area contributed by atoms with Gasteiger partial charge in [-0.25, -0.2) is 0 Å². The average Bonchev–Trinajstić information content (AvgIpc) is 3.08. The summed E-state index contributed by atoms with van der Waals surface area (Å²) in [6.07, 6.45) is 6.89. The van der Waals surface area contributed by atoms with Gasteiger partial charge in [-0.1, -0.05) is 19.8 Å². The maximum absolute atomic E-state index is 4.39. The van der Waals surface area contributed by atoms with Gasteiger partial charge < -0.3 is 10.2 Å². The molecule has 2 fully saturated rings. The first-order valence-corrected chi connectivity index (χ1v) is 6.75. The van der Waals surface area contributed by atoms with E-state index in [1.54, 1.807) is 0 Å². The van der Waals surface area contributed by atoms with Gasteiger partial charge in [0.05, 0.1) is 0 Å². The summed E-state index contributed by atoms with van der Waals surface area (Å²) in [6.45, 7) is 5.78. The molecule has 0 bridgehead atoms. The van der Waals surface area contributed by atoms with Crippen molar-refractivity contribution < 1.29 is 0 Å². The molecule has 2 rings (SSSR count). The smallest absolute Gasteiger partial charge is 0.193 e. The first-order chi connectivity index (χ1) is 7.79. The quantitative estimate of drug-likeness (QED) is 0.586. The zero-order valence-corrected chi connectivity index (χ0v) is 10.7. The lowest BCUT2D eigenvalue weighted by Crippen LogP contribution is -2.46. The molecule has 0 amide bonds. The highest BCUT2D eigenvalue weighted by atomic mass is 15.3. The second-order valence-electron chi connectivity index (χ2n) is 5.40. The molecule has 1 aliphatic carbocycles. The van der Waals surface area contributed by atoms with Crippen molar-refractivity contribution in [2.45, 2.75) is 39.0 Å². The van der Waals surface area contributed by atoms with Gasteiger partial charge in [0, 0.05) is 26.7 Å². The summed E-state index contributed by atoms with van der Waals surface area (Å²) in [6, 6.07) is 0. The molecule has 16 heavy (non-hydrogen) atoms. The minimum absolute atomic E-state index is 0.815. The predicted molar refractivity (Wildman–Crippen MR) is 68.7 cm³/mol. The van der Waals surface area contributed by atoms with Gasteiger partial charge in [0.25, 0.3) is 0 Å². The predicted octanol–water partition coefficient (Wildman–Crippen LogP) is 2.09. The molecule has 1 atom stereocenters. The molecule has 0 spiro atoms. The molecule has 2 aliphatic rings. The zero-order valence-electron chi connectivity index (χ0n) is 10.7. The van der Waals surface area contributed by atoms with Gasteiger partial charge in [-0.2, -0.15) is 0 Å². The average molecular weight is 223 g/mol. The van der Waals surface area contributed by atoms with Crippen molar-refractivity contribution in [2.24, 2.45) is 16.8 Å². The molecule has 0 aromatic heterocycles. The lowest BCUT2D eigenvalue weighted by molar-refractivity contribution is 0.266. The number of nitrogens with zero attached hydrogens (tertiary/aromatic N) is 2. The summed E-state index contributed by atoms with van der Waals surface area (Å²) in [4.78, 5) is 6.81. The number of guanidine groups is 1. The van der Waals surface area contributed by atoms with E-state index in [0.29, 0.717) is 0 Å². The van der Waals surface area contributed by atoms with Crippen molar-refractivity contribution in [3.63, 3.8) is 0 Å². The Balaban J connectivity index is 1.74. The van der Waals surface area contributed by atoms with Crippen LogP contribution >= 0.6 is 0 Å². The monoisotopic (exact) mass is 223 g/mol. The Morgan fingerprint density at radius 3 is 2.81 bits per heavy atom. The maximum atomic E-state index is 4.39. The normalized spacial score (nSPS) is 27.0. The van der Waals surface area contributed by atoms with E-state index in [1.165, 1.54) is 45.2 Å². The summed E-state index contributed by atoms with van der Waals surface area (Å²) < 4.78 is 0. The molecule has 1 unspecified atom stereocenters. The van der Waals surface area contributed by atoms with E-state index in [9.17, 15) is 0 Å². The van der Waals surface area contributed by atoms with Crippen LogP contribution in [-0.4, -0.2) is 37.5 Å². The molecule has 0 aromatic carbocycles. The van der Waals surface area contributed by atoms with Crippen LogP contribution in [0.4, 0.5) is 0 Å². The molecule has 0 radical (unpaired) electrons. The molecule has 1 N–H and O–H groups in total. The summed E-state index contributed by atoms with van der Waals surface area (Å²) in [5.74, 6) is 2.94. The van der Waals surface area contributed by atoms with E-state index in [4.69, 9.17) is 0 Å². The van der Waals surface area contributed by atoms with E-state index in [0.717, 1.165) is 24.3 Å². The first-order valence-electron chi connectivity index (χ1n) is 6.75. The van der Waals surface area contributed by atoms with Crippen LogP contribution in [0, 0.1) is 11.8 Å². The Kier molecular flexibility index (Phi) is 4.08. The highest BCUT2D eigenvalue weighted by molar-refractivity contribution is 5.79. The van der Waals surface area contributed by atoms with Gasteiger partial charge in [-0.15, -0.1) is 0 Å². The van der Waals surface area contributed by atoms with Crippen molar-refractivity contribution in [2.75, 3.05) is 26.7 Å². The topological polar surface area (TPSA) is 27.6 Å². The molecule has 1 heterocycles. The third kappa shape index (κ3) is 3.39. The first kappa shape index (κ1) is 11.7. The Bertz CT molecular complexity index is 246. The van der Waals surface area contributed by atoms with E-state index in [-0.39, 0.29) is 0 Å². The van der Waals surface area contributed by atoms with E-state index in [1.807, 2.05) is 7.05 Å². The van der Waals surface area contributed by atoms with Crippen LogP contribution in [0.5, 0.6) is 0 Å². The van der Waals surface area contributed by atoms with Crippen LogP contribution in [0.25, 0.3) is 0 Å². The molecule has 1 saturated carbocycles. The van der Waals surface area contributed by atoms with Crippen LogP contribution in [-0.2, 0) is 0 Å². The fraction of sp³-hybridized carbons (Fsp3) is 0.923. The molecule has 3 heteroatoms. The third-order valence-electron chi connectivity index (χ3n) is 3.70.